The number of aromatic nitrogens is 1. The lowest BCUT2D eigenvalue weighted by Gasteiger charge is -2.28. The van der Waals surface area contributed by atoms with E-state index in [9.17, 15) is 14.7 Å². The summed E-state index contributed by atoms with van der Waals surface area (Å²) in [6.45, 7) is 1.06. The number of pyridine rings is 1. The molecule has 1 aromatic rings. The molecule has 1 fully saturated rings. The van der Waals surface area contributed by atoms with E-state index in [1.807, 2.05) is 19.0 Å². The third kappa shape index (κ3) is 3.94. The van der Waals surface area contributed by atoms with E-state index < -0.39 is 17.9 Å². The van der Waals surface area contributed by atoms with Gasteiger partial charge in [-0.15, -0.1) is 0 Å². The highest BCUT2D eigenvalue weighted by molar-refractivity contribution is 5.96. The minimum atomic E-state index is -1.02. The Labute approximate surface area is 129 Å². The molecule has 7 heteroatoms. The second kappa shape index (κ2) is 7.22. The second-order valence-corrected chi connectivity index (χ2v) is 5.54. The van der Waals surface area contributed by atoms with Gasteiger partial charge in [0.2, 0.25) is 0 Å². The van der Waals surface area contributed by atoms with Crippen LogP contribution >= 0.6 is 0 Å². The Bertz CT molecular complexity index is 524. The van der Waals surface area contributed by atoms with Gasteiger partial charge in [-0.1, -0.05) is 0 Å². The molecule has 120 valence electrons. The molecular formula is C15H21N3O4. The second-order valence-electron chi connectivity index (χ2n) is 5.54. The van der Waals surface area contributed by atoms with E-state index in [0.29, 0.717) is 31.6 Å². The highest BCUT2D eigenvalue weighted by atomic mass is 16.5. The minimum absolute atomic E-state index is 0.107. The van der Waals surface area contributed by atoms with Crippen molar-refractivity contribution >= 4 is 17.7 Å². The number of carboxylic acids is 1. The summed E-state index contributed by atoms with van der Waals surface area (Å²) in [6.07, 6.45) is 2.72. The van der Waals surface area contributed by atoms with Crippen molar-refractivity contribution in [3.05, 3.63) is 23.9 Å². The fourth-order valence-electron chi connectivity index (χ4n) is 2.44. The number of hydrogen-bond acceptors (Lipinski definition) is 5. The zero-order valence-electron chi connectivity index (χ0n) is 12.8. The van der Waals surface area contributed by atoms with Crippen LogP contribution in [0.25, 0.3) is 0 Å². The summed E-state index contributed by atoms with van der Waals surface area (Å²) in [7, 11) is 3.71. The van der Waals surface area contributed by atoms with E-state index in [1.165, 1.54) is 6.20 Å². The summed E-state index contributed by atoms with van der Waals surface area (Å²) in [5.74, 6) is -0.810. The summed E-state index contributed by atoms with van der Waals surface area (Å²) in [6, 6.07) is 2.46. The lowest BCUT2D eigenvalue weighted by atomic mass is 9.91. The van der Waals surface area contributed by atoms with Crippen molar-refractivity contribution < 1.29 is 19.4 Å². The molecule has 1 aliphatic rings. The number of amides is 1. The van der Waals surface area contributed by atoms with Crippen LogP contribution in [0.5, 0.6) is 0 Å². The van der Waals surface area contributed by atoms with Crippen molar-refractivity contribution in [3.63, 3.8) is 0 Å². The van der Waals surface area contributed by atoms with Crippen LogP contribution in [0.15, 0.2) is 18.3 Å². The monoisotopic (exact) mass is 307 g/mol. The van der Waals surface area contributed by atoms with Crippen LogP contribution in [0.4, 0.5) is 5.82 Å². The van der Waals surface area contributed by atoms with Crippen molar-refractivity contribution in [3.8, 4) is 0 Å². The molecule has 0 aromatic carbocycles. The topological polar surface area (TPSA) is 91.8 Å². The summed E-state index contributed by atoms with van der Waals surface area (Å²) in [5.41, 5.74) is 0.351. The third-order valence-corrected chi connectivity index (χ3v) is 3.76. The van der Waals surface area contributed by atoms with Gasteiger partial charge < -0.3 is 20.1 Å². The smallest absolute Gasteiger partial charge is 0.326 e. The number of aliphatic carboxylic acids is 1. The average molecular weight is 307 g/mol. The van der Waals surface area contributed by atoms with E-state index in [2.05, 4.69) is 10.3 Å². The lowest BCUT2D eigenvalue weighted by molar-refractivity contribution is -0.141. The molecule has 2 N–H and O–H groups in total. The fraction of sp³-hybridized carbons (Fsp3) is 0.533. The van der Waals surface area contributed by atoms with Crippen molar-refractivity contribution in [2.75, 3.05) is 32.2 Å². The molecule has 0 spiro atoms. The van der Waals surface area contributed by atoms with E-state index >= 15 is 0 Å². The van der Waals surface area contributed by atoms with Crippen LogP contribution in [-0.2, 0) is 9.53 Å². The number of carbonyl (C=O) groups excluding carboxylic acids is 1. The maximum Gasteiger partial charge on any atom is 0.326 e. The Balaban J connectivity index is 2.05. The quantitative estimate of drug-likeness (QED) is 0.834. The maximum atomic E-state index is 12.2. The van der Waals surface area contributed by atoms with Gasteiger partial charge in [0.05, 0.1) is 5.56 Å². The van der Waals surface area contributed by atoms with Crippen molar-refractivity contribution in [1.29, 1.82) is 0 Å². The molecule has 1 unspecified atom stereocenters. The Morgan fingerprint density at radius 2 is 2.05 bits per heavy atom. The average Bonchev–Trinajstić information content (AvgIpc) is 2.53. The van der Waals surface area contributed by atoms with Crippen molar-refractivity contribution in [2.45, 2.75) is 18.9 Å². The Hall–Kier alpha value is -2.15. The number of ether oxygens (including phenoxy) is 1. The van der Waals surface area contributed by atoms with Crippen LogP contribution in [0.1, 0.15) is 23.2 Å². The Kier molecular flexibility index (Phi) is 5.32. The molecule has 22 heavy (non-hydrogen) atoms. The highest BCUT2D eigenvalue weighted by Gasteiger charge is 2.31. The first-order valence-electron chi connectivity index (χ1n) is 7.24. The van der Waals surface area contributed by atoms with Gasteiger partial charge in [-0.05, 0) is 30.9 Å². The molecule has 7 nitrogen and oxygen atoms in total. The molecule has 0 aliphatic carbocycles. The molecule has 1 aliphatic heterocycles. The fourth-order valence-corrected chi connectivity index (χ4v) is 2.44. The number of rotatable bonds is 5. The number of anilines is 1. The van der Waals surface area contributed by atoms with Gasteiger partial charge in [-0.25, -0.2) is 9.78 Å². The normalized spacial score (nSPS) is 16.8. The van der Waals surface area contributed by atoms with Crippen LogP contribution in [0, 0.1) is 5.92 Å². The largest absolute Gasteiger partial charge is 0.480 e. The first-order valence-corrected chi connectivity index (χ1v) is 7.24. The molecule has 2 heterocycles. The van der Waals surface area contributed by atoms with E-state index in [4.69, 9.17) is 4.74 Å². The molecular weight excluding hydrogens is 286 g/mol. The summed E-state index contributed by atoms with van der Waals surface area (Å²) in [5, 5.41) is 12.0. The van der Waals surface area contributed by atoms with Gasteiger partial charge in [-0.2, -0.15) is 0 Å². The van der Waals surface area contributed by atoms with E-state index in [1.54, 1.807) is 12.1 Å². The number of hydrogen-bond donors (Lipinski definition) is 2. The first-order chi connectivity index (χ1) is 10.5. The summed E-state index contributed by atoms with van der Waals surface area (Å²) in [4.78, 5) is 29.6. The van der Waals surface area contributed by atoms with Gasteiger partial charge in [0.15, 0.2) is 0 Å². The predicted octanol–water partition coefficient (Wildman–Crippen LogP) is 0.757. The molecule has 1 atom stereocenters. The SMILES string of the molecule is CN(C)c1ccc(C(=O)NC(C(=O)O)C2CCOCC2)cn1. The lowest BCUT2D eigenvalue weighted by Crippen LogP contribution is -2.47. The zero-order chi connectivity index (χ0) is 16.1. The molecule has 0 bridgehead atoms. The maximum absolute atomic E-state index is 12.2. The highest BCUT2D eigenvalue weighted by Crippen LogP contribution is 2.19. The Morgan fingerprint density at radius 3 is 2.55 bits per heavy atom. The van der Waals surface area contributed by atoms with Crippen LogP contribution < -0.4 is 10.2 Å². The zero-order valence-corrected chi connectivity index (χ0v) is 12.8. The summed E-state index contributed by atoms with van der Waals surface area (Å²) >= 11 is 0. The van der Waals surface area contributed by atoms with Crippen LogP contribution in [0.3, 0.4) is 0 Å². The number of nitrogens with zero attached hydrogens (tertiary/aromatic N) is 2. The van der Waals surface area contributed by atoms with Gasteiger partial charge in [-0.3, -0.25) is 4.79 Å². The predicted molar refractivity (Wildman–Crippen MR) is 81.0 cm³/mol. The first kappa shape index (κ1) is 16.2. The molecule has 2 rings (SSSR count). The third-order valence-electron chi connectivity index (χ3n) is 3.76. The Morgan fingerprint density at radius 1 is 1.36 bits per heavy atom. The van der Waals surface area contributed by atoms with Gasteiger partial charge in [0, 0.05) is 33.5 Å². The van der Waals surface area contributed by atoms with Crippen molar-refractivity contribution in [1.82, 2.24) is 10.3 Å². The van der Waals surface area contributed by atoms with Gasteiger partial charge >= 0.3 is 5.97 Å². The van der Waals surface area contributed by atoms with Crippen molar-refractivity contribution in [2.24, 2.45) is 5.92 Å². The molecule has 1 aromatic heterocycles. The van der Waals surface area contributed by atoms with E-state index in [-0.39, 0.29) is 5.92 Å². The number of nitrogens with one attached hydrogen (secondary N) is 1. The number of carbonyl (C=O) groups is 2. The van der Waals surface area contributed by atoms with Crippen LogP contribution in [-0.4, -0.2) is 55.3 Å². The van der Waals surface area contributed by atoms with Gasteiger partial charge in [0.25, 0.3) is 5.91 Å². The molecule has 0 radical (unpaired) electrons. The minimum Gasteiger partial charge on any atom is -0.480 e. The van der Waals surface area contributed by atoms with Crippen LogP contribution in [0.2, 0.25) is 0 Å². The standard InChI is InChI=1S/C15H21N3O4/c1-18(2)12-4-3-11(9-16-12)14(19)17-13(15(20)21)10-5-7-22-8-6-10/h3-4,9-10,13H,5-8H2,1-2H3,(H,17,19)(H,20,21). The molecule has 1 saturated heterocycles. The molecule has 0 saturated carbocycles. The number of carboxylic acid groups (broad SMARTS) is 1. The van der Waals surface area contributed by atoms with E-state index in [0.717, 1.165) is 5.82 Å². The van der Waals surface area contributed by atoms with Gasteiger partial charge in [0.1, 0.15) is 11.9 Å². The molecule has 1 amide bonds. The summed E-state index contributed by atoms with van der Waals surface area (Å²) < 4.78 is 5.23.